The van der Waals surface area contributed by atoms with Crippen molar-refractivity contribution in [1.29, 1.82) is 0 Å². The number of hydrogen-bond donors (Lipinski definition) is 1. The smallest absolute Gasteiger partial charge is 0.374 e. The van der Waals surface area contributed by atoms with Gasteiger partial charge >= 0.3 is 6.18 Å². The molecule has 0 aromatic heterocycles. The lowest BCUT2D eigenvalue weighted by molar-refractivity contribution is -0.139. The number of alkyl halides is 3. The Kier molecular flexibility index (Phi) is 5.80. The SMILES string of the molecule is CN(CCc1ccc(Br)cc1)c1ccc(S(N)(=O)=O)c(C(F)(F)F)c1. The lowest BCUT2D eigenvalue weighted by Crippen LogP contribution is -2.23. The van der Waals surface area contributed by atoms with Gasteiger partial charge in [-0.2, -0.15) is 13.2 Å². The van der Waals surface area contributed by atoms with E-state index >= 15 is 0 Å². The second-order valence-electron chi connectivity index (χ2n) is 5.52. The Balaban J connectivity index is 2.25. The zero-order chi connectivity index (χ0) is 18.8. The van der Waals surface area contributed by atoms with Crippen LogP contribution in [0, 0.1) is 0 Å². The maximum absolute atomic E-state index is 13.2. The van der Waals surface area contributed by atoms with E-state index in [1.165, 1.54) is 6.07 Å². The second-order valence-corrected chi connectivity index (χ2v) is 7.97. The molecule has 0 atom stereocenters. The lowest BCUT2D eigenvalue weighted by Gasteiger charge is -2.22. The van der Waals surface area contributed by atoms with E-state index < -0.39 is 26.7 Å². The van der Waals surface area contributed by atoms with Crippen molar-refractivity contribution < 1.29 is 21.6 Å². The molecule has 0 unspecified atom stereocenters. The molecule has 0 bridgehead atoms. The van der Waals surface area contributed by atoms with Crippen molar-refractivity contribution in [2.75, 3.05) is 18.5 Å². The molecule has 136 valence electrons. The first-order valence-corrected chi connectivity index (χ1v) is 9.52. The predicted octanol–water partition coefficient (Wildman–Crippen LogP) is 3.79. The van der Waals surface area contributed by atoms with Crippen LogP contribution in [-0.4, -0.2) is 22.0 Å². The van der Waals surface area contributed by atoms with Gasteiger partial charge in [0.2, 0.25) is 10.0 Å². The van der Waals surface area contributed by atoms with Crippen molar-refractivity contribution in [2.24, 2.45) is 5.14 Å². The molecule has 0 fully saturated rings. The number of benzene rings is 2. The summed E-state index contributed by atoms with van der Waals surface area (Å²) in [6.45, 7) is 0.466. The molecular weight excluding hydrogens is 421 g/mol. The molecule has 9 heteroatoms. The van der Waals surface area contributed by atoms with Crippen LogP contribution in [0.4, 0.5) is 18.9 Å². The van der Waals surface area contributed by atoms with Gasteiger partial charge in [0.1, 0.15) is 0 Å². The molecule has 0 amide bonds. The Labute approximate surface area is 152 Å². The predicted molar refractivity (Wildman–Crippen MR) is 93.9 cm³/mol. The van der Waals surface area contributed by atoms with Crippen molar-refractivity contribution in [3.8, 4) is 0 Å². The standard InChI is InChI=1S/C16H16BrF3N2O2S/c1-22(9-8-11-2-4-12(17)5-3-11)13-6-7-15(25(21,23)24)14(10-13)16(18,19)20/h2-7,10H,8-9H2,1H3,(H2,21,23,24). The van der Waals surface area contributed by atoms with E-state index in [1.54, 1.807) is 11.9 Å². The Hall–Kier alpha value is -1.58. The number of sulfonamides is 1. The zero-order valence-electron chi connectivity index (χ0n) is 13.2. The van der Waals surface area contributed by atoms with Gasteiger partial charge in [0.25, 0.3) is 0 Å². The van der Waals surface area contributed by atoms with Crippen LogP contribution in [0.2, 0.25) is 0 Å². The van der Waals surface area contributed by atoms with Crippen LogP contribution >= 0.6 is 15.9 Å². The van der Waals surface area contributed by atoms with Gasteiger partial charge < -0.3 is 4.90 Å². The van der Waals surface area contributed by atoms with Gasteiger partial charge in [0.15, 0.2) is 0 Å². The van der Waals surface area contributed by atoms with Crippen LogP contribution in [0.5, 0.6) is 0 Å². The molecule has 0 radical (unpaired) electrons. The summed E-state index contributed by atoms with van der Waals surface area (Å²) in [6, 6.07) is 10.6. The maximum Gasteiger partial charge on any atom is 0.417 e. The van der Waals surface area contributed by atoms with Crippen LogP contribution < -0.4 is 10.0 Å². The minimum atomic E-state index is -4.82. The van der Waals surface area contributed by atoms with Gasteiger partial charge in [0, 0.05) is 23.8 Å². The Morgan fingerprint density at radius 2 is 1.72 bits per heavy atom. The van der Waals surface area contributed by atoms with Crippen LogP contribution in [0.1, 0.15) is 11.1 Å². The third-order valence-electron chi connectivity index (χ3n) is 3.66. The fourth-order valence-corrected chi connectivity index (χ4v) is 3.31. The van der Waals surface area contributed by atoms with Crippen molar-refractivity contribution in [2.45, 2.75) is 17.5 Å². The summed E-state index contributed by atoms with van der Waals surface area (Å²) in [7, 11) is -2.82. The molecule has 0 aliphatic heterocycles. The minimum absolute atomic E-state index is 0.261. The first-order chi connectivity index (χ1) is 11.5. The van der Waals surface area contributed by atoms with Crippen LogP contribution in [0.25, 0.3) is 0 Å². The largest absolute Gasteiger partial charge is 0.417 e. The summed E-state index contributed by atoms with van der Waals surface area (Å²) in [5.74, 6) is 0. The molecule has 25 heavy (non-hydrogen) atoms. The van der Waals surface area contributed by atoms with Crippen molar-refractivity contribution in [3.05, 3.63) is 58.1 Å². The number of hydrogen-bond acceptors (Lipinski definition) is 3. The number of nitrogens with zero attached hydrogens (tertiary/aromatic N) is 1. The van der Waals surface area contributed by atoms with E-state index in [0.29, 0.717) is 13.0 Å². The van der Waals surface area contributed by atoms with Crippen molar-refractivity contribution >= 4 is 31.6 Å². The number of rotatable bonds is 5. The summed E-state index contributed by atoms with van der Waals surface area (Å²) < 4.78 is 63.2. The molecule has 0 aliphatic carbocycles. The molecule has 2 N–H and O–H groups in total. The quantitative estimate of drug-likeness (QED) is 0.775. The van der Waals surface area contributed by atoms with E-state index in [0.717, 1.165) is 22.2 Å². The minimum Gasteiger partial charge on any atom is -0.374 e. The number of nitrogens with two attached hydrogens (primary N) is 1. The normalized spacial score (nSPS) is 12.2. The molecule has 2 rings (SSSR count). The van der Waals surface area contributed by atoms with Crippen molar-refractivity contribution in [3.63, 3.8) is 0 Å². The molecule has 0 saturated carbocycles. The number of primary sulfonamides is 1. The highest BCUT2D eigenvalue weighted by Gasteiger charge is 2.36. The summed E-state index contributed by atoms with van der Waals surface area (Å²) in [4.78, 5) is 0.703. The van der Waals surface area contributed by atoms with Crippen LogP contribution in [0.3, 0.4) is 0 Å². The third kappa shape index (κ3) is 5.20. The van der Waals surface area contributed by atoms with Gasteiger partial charge in [-0.3, -0.25) is 0 Å². The van der Waals surface area contributed by atoms with Crippen LogP contribution in [0.15, 0.2) is 51.8 Å². The van der Waals surface area contributed by atoms with Gasteiger partial charge in [-0.25, -0.2) is 13.6 Å². The number of likely N-dealkylation sites (N-methyl/N-ethyl adjacent to an activating group) is 1. The average Bonchev–Trinajstić information content (AvgIpc) is 2.52. The molecular formula is C16H16BrF3N2O2S. The lowest BCUT2D eigenvalue weighted by atomic mass is 10.1. The van der Waals surface area contributed by atoms with E-state index in [-0.39, 0.29) is 5.69 Å². The van der Waals surface area contributed by atoms with E-state index in [4.69, 9.17) is 5.14 Å². The number of anilines is 1. The first kappa shape index (κ1) is 19.7. The topological polar surface area (TPSA) is 63.4 Å². The monoisotopic (exact) mass is 436 g/mol. The first-order valence-electron chi connectivity index (χ1n) is 7.18. The van der Waals surface area contributed by atoms with Gasteiger partial charge in [-0.15, -0.1) is 0 Å². The van der Waals surface area contributed by atoms with E-state index in [9.17, 15) is 21.6 Å². The summed E-state index contributed by atoms with van der Waals surface area (Å²) >= 11 is 3.34. The van der Waals surface area contributed by atoms with Gasteiger partial charge in [0.05, 0.1) is 10.5 Å². The highest BCUT2D eigenvalue weighted by atomic mass is 79.9. The highest BCUT2D eigenvalue weighted by molar-refractivity contribution is 9.10. The molecule has 0 saturated heterocycles. The second kappa shape index (κ2) is 7.35. The fourth-order valence-electron chi connectivity index (χ4n) is 2.30. The molecule has 2 aromatic carbocycles. The zero-order valence-corrected chi connectivity index (χ0v) is 15.6. The number of halogens is 4. The summed E-state index contributed by atoms with van der Waals surface area (Å²) in [5, 5.41) is 4.88. The summed E-state index contributed by atoms with van der Waals surface area (Å²) in [5.41, 5.74) is 0.0343. The maximum atomic E-state index is 13.2. The third-order valence-corrected chi connectivity index (χ3v) is 5.16. The highest BCUT2D eigenvalue weighted by Crippen LogP contribution is 2.36. The van der Waals surface area contributed by atoms with E-state index in [1.807, 2.05) is 24.3 Å². The molecule has 4 nitrogen and oxygen atoms in total. The average molecular weight is 437 g/mol. The Bertz CT molecular complexity index is 853. The molecule has 0 heterocycles. The fraction of sp³-hybridized carbons (Fsp3) is 0.250. The van der Waals surface area contributed by atoms with Gasteiger partial charge in [-0.1, -0.05) is 28.1 Å². The van der Waals surface area contributed by atoms with E-state index in [2.05, 4.69) is 15.9 Å². The van der Waals surface area contributed by atoms with Crippen molar-refractivity contribution in [1.82, 2.24) is 0 Å². The summed E-state index contributed by atoms with van der Waals surface area (Å²) in [6.07, 6.45) is -4.19. The van der Waals surface area contributed by atoms with Crippen LogP contribution in [-0.2, 0) is 22.6 Å². The Morgan fingerprint density at radius 1 is 1.12 bits per heavy atom. The molecule has 0 spiro atoms. The Morgan fingerprint density at radius 3 is 2.24 bits per heavy atom. The van der Waals surface area contributed by atoms with Gasteiger partial charge in [-0.05, 0) is 42.3 Å². The molecule has 2 aromatic rings. The molecule has 0 aliphatic rings.